The van der Waals surface area contributed by atoms with Crippen LogP contribution in [-0.4, -0.2) is 9.55 Å². The molecule has 0 bridgehead atoms. The minimum absolute atomic E-state index is 1.01. The van der Waals surface area contributed by atoms with Crippen LogP contribution in [0.5, 0.6) is 0 Å². The first-order valence-corrected chi connectivity index (χ1v) is 10.4. The predicted octanol–water partition coefficient (Wildman–Crippen LogP) is 6.57. The molecule has 138 valence electrons. The Labute approximate surface area is 158 Å². The highest BCUT2D eigenvalue weighted by molar-refractivity contribution is 5.75. The summed E-state index contributed by atoms with van der Waals surface area (Å²) < 4.78 is 2.46. The molecule has 3 aromatic rings. The maximum Gasteiger partial charge on any atom is 0.110 e. The molecule has 1 heterocycles. The monoisotopic (exact) mass is 348 g/mol. The lowest BCUT2D eigenvalue weighted by molar-refractivity contribution is 0.545. The van der Waals surface area contributed by atoms with Gasteiger partial charge in [-0.05, 0) is 30.5 Å². The van der Waals surface area contributed by atoms with E-state index in [2.05, 4.69) is 66.1 Å². The van der Waals surface area contributed by atoms with Crippen LogP contribution in [0.1, 0.15) is 63.3 Å². The fraction of sp³-hybridized carbons (Fsp3) is 0.458. The summed E-state index contributed by atoms with van der Waals surface area (Å²) in [6, 6.07) is 19.3. The molecule has 0 N–H and O–H groups in total. The molecule has 0 aliphatic rings. The number of fused-ring (bicyclic) bond motifs is 1. The van der Waals surface area contributed by atoms with Gasteiger partial charge >= 0.3 is 0 Å². The Morgan fingerprint density at radius 2 is 1.42 bits per heavy atom. The van der Waals surface area contributed by atoms with Crippen LogP contribution in [0.4, 0.5) is 0 Å². The van der Waals surface area contributed by atoms with E-state index in [0.717, 1.165) is 24.9 Å². The first-order valence-electron chi connectivity index (χ1n) is 10.4. The molecule has 0 saturated heterocycles. The van der Waals surface area contributed by atoms with Gasteiger partial charge in [0.25, 0.3) is 0 Å². The van der Waals surface area contributed by atoms with E-state index < -0.39 is 0 Å². The second-order valence-electron chi connectivity index (χ2n) is 7.28. The number of imidazole rings is 1. The van der Waals surface area contributed by atoms with Crippen LogP contribution in [0.25, 0.3) is 11.0 Å². The van der Waals surface area contributed by atoms with E-state index in [9.17, 15) is 0 Å². The molecular weight excluding hydrogens is 316 g/mol. The zero-order chi connectivity index (χ0) is 18.0. The van der Waals surface area contributed by atoms with Crippen LogP contribution in [0, 0.1) is 0 Å². The van der Waals surface area contributed by atoms with Crippen LogP contribution in [0.2, 0.25) is 0 Å². The molecule has 0 fully saturated rings. The van der Waals surface area contributed by atoms with Crippen LogP contribution >= 0.6 is 0 Å². The largest absolute Gasteiger partial charge is 0.328 e. The number of benzene rings is 2. The molecule has 0 saturated carbocycles. The van der Waals surface area contributed by atoms with Gasteiger partial charge in [-0.3, -0.25) is 0 Å². The second kappa shape index (κ2) is 10.2. The SMILES string of the molecule is CCCCCCCCCn1c(CCc2ccccc2)nc2ccccc21. The van der Waals surface area contributed by atoms with Gasteiger partial charge in [-0.2, -0.15) is 0 Å². The zero-order valence-electron chi connectivity index (χ0n) is 16.2. The molecule has 0 aliphatic heterocycles. The lowest BCUT2D eigenvalue weighted by atomic mass is 10.1. The van der Waals surface area contributed by atoms with Crippen LogP contribution in [-0.2, 0) is 19.4 Å². The topological polar surface area (TPSA) is 17.8 Å². The third-order valence-electron chi connectivity index (χ3n) is 5.20. The molecule has 2 heteroatoms. The van der Waals surface area contributed by atoms with Crippen molar-refractivity contribution in [1.82, 2.24) is 9.55 Å². The summed E-state index contributed by atoms with van der Waals surface area (Å²) in [6.45, 7) is 3.37. The molecule has 26 heavy (non-hydrogen) atoms. The van der Waals surface area contributed by atoms with E-state index in [1.165, 1.54) is 61.9 Å². The smallest absolute Gasteiger partial charge is 0.110 e. The lowest BCUT2D eigenvalue weighted by Gasteiger charge is -2.09. The van der Waals surface area contributed by atoms with E-state index in [1.54, 1.807) is 0 Å². The van der Waals surface area contributed by atoms with Crippen molar-refractivity contribution in [3.63, 3.8) is 0 Å². The third kappa shape index (κ3) is 5.20. The van der Waals surface area contributed by atoms with Gasteiger partial charge in [0, 0.05) is 13.0 Å². The Morgan fingerprint density at radius 1 is 0.731 bits per heavy atom. The summed E-state index contributed by atoms with van der Waals surface area (Å²) in [4.78, 5) is 4.93. The Morgan fingerprint density at radius 3 is 2.23 bits per heavy atom. The number of aryl methyl sites for hydroxylation is 3. The fourth-order valence-corrected chi connectivity index (χ4v) is 3.69. The number of rotatable bonds is 11. The van der Waals surface area contributed by atoms with Crippen molar-refractivity contribution in [2.45, 2.75) is 71.3 Å². The minimum Gasteiger partial charge on any atom is -0.328 e. The average molecular weight is 349 g/mol. The van der Waals surface area contributed by atoms with Crippen molar-refractivity contribution < 1.29 is 0 Å². The molecule has 0 spiro atoms. The molecule has 2 aromatic carbocycles. The van der Waals surface area contributed by atoms with Gasteiger partial charge in [-0.15, -0.1) is 0 Å². The van der Waals surface area contributed by atoms with Gasteiger partial charge in [-0.1, -0.05) is 87.9 Å². The molecule has 0 atom stereocenters. The zero-order valence-corrected chi connectivity index (χ0v) is 16.2. The van der Waals surface area contributed by atoms with Gasteiger partial charge in [-0.25, -0.2) is 4.98 Å². The van der Waals surface area contributed by atoms with E-state index in [1.807, 2.05) is 0 Å². The Hall–Kier alpha value is -2.09. The standard InChI is InChI=1S/C24H32N2/c1-2-3-4-5-6-7-13-20-26-23-17-12-11-16-22(23)25-24(26)19-18-21-14-9-8-10-15-21/h8-12,14-17H,2-7,13,18-20H2,1H3. The molecule has 2 nitrogen and oxygen atoms in total. The first kappa shape index (κ1) is 18.7. The van der Waals surface area contributed by atoms with Crippen molar-refractivity contribution >= 4 is 11.0 Å². The highest BCUT2D eigenvalue weighted by atomic mass is 15.1. The summed E-state index contributed by atoms with van der Waals surface area (Å²) in [5.74, 6) is 1.24. The fourth-order valence-electron chi connectivity index (χ4n) is 3.69. The third-order valence-corrected chi connectivity index (χ3v) is 5.20. The summed E-state index contributed by atoms with van der Waals surface area (Å²) in [6.07, 6.45) is 11.5. The number of nitrogens with zero attached hydrogens (tertiary/aromatic N) is 2. The Balaban J connectivity index is 1.61. The van der Waals surface area contributed by atoms with Crippen molar-refractivity contribution in [2.75, 3.05) is 0 Å². The van der Waals surface area contributed by atoms with Crippen molar-refractivity contribution in [2.24, 2.45) is 0 Å². The summed E-state index contributed by atoms with van der Waals surface area (Å²) >= 11 is 0. The summed E-state index contributed by atoms with van der Waals surface area (Å²) in [5, 5.41) is 0. The van der Waals surface area contributed by atoms with Crippen molar-refractivity contribution in [3.05, 3.63) is 66.0 Å². The average Bonchev–Trinajstić information content (AvgIpc) is 3.04. The van der Waals surface area contributed by atoms with Crippen molar-refractivity contribution in [1.29, 1.82) is 0 Å². The Bertz CT molecular complexity index is 773. The van der Waals surface area contributed by atoms with E-state index in [0.29, 0.717) is 0 Å². The number of unbranched alkanes of at least 4 members (excludes halogenated alkanes) is 6. The number of hydrogen-bond acceptors (Lipinski definition) is 1. The van der Waals surface area contributed by atoms with Crippen molar-refractivity contribution in [3.8, 4) is 0 Å². The second-order valence-corrected chi connectivity index (χ2v) is 7.28. The van der Waals surface area contributed by atoms with Crippen LogP contribution < -0.4 is 0 Å². The quantitative estimate of drug-likeness (QED) is 0.358. The van der Waals surface area contributed by atoms with Crippen LogP contribution in [0.15, 0.2) is 54.6 Å². The van der Waals surface area contributed by atoms with Gasteiger partial charge in [0.15, 0.2) is 0 Å². The van der Waals surface area contributed by atoms with Gasteiger partial charge in [0.05, 0.1) is 11.0 Å². The predicted molar refractivity (Wildman–Crippen MR) is 112 cm³/mol. The molecule has 0 radical (unpaired) electrons. The highest BCUT2D eigenvalue weighted by Crippen LogP contribution is 2.19. The van der Waals surface area contributed by atoms with Gasteiger partial charge < -0.3 is 4.57 Å². The number of aromatic nitrogens is 2. The Kier molecular flexibility index (Phi) is 7.30. The molecule has 0 aliphatic carbocycles. The van der Waals surface area contributed by atoms with Gasteiger partial charge in [0.2, 0.25) is 0 Å². The first-order chi connectivity index (χ1) is 12.9. The van der Waals surface area contributed by atoms with E-state index in [-0.39, 0.29) is 0 Å². The molecule has 0 unspecified atom stereocenters. The number of hydrogen-bond donors (Lipinski definition) is 0. The molecule has 1 aromatic heterocycles. The maximum absolute atomic E-state index is 4.93. The number of para-hydroxylation sites is 2. The normalized spacial score (nSPS) is 11.3. The lowest BCUT2D eigenvalue weighted by Crippen LogP contribution is -2.06. The summed E-state index contributed by atoms with van der Waals surface area (Å²) in [7, 11) is 0. The molecular formula is C24H32N2. The van der Waals surface area contributed by atoms with E-state index in [4.69, 9.17) is 4.98 Å². The minimum atomic E-state index is 1.01. The van der Waals surface area contributed by atoms with Crippen LogP contribution in [0.3, 0.4) is 0 Å². The molecule has 3 rings (SSSR count). The summed E-state index contributed by atoms with van der Waals surface area (Å²) in [5.41, 5.74) is 3.82. The maximum atomic E-state index is 4.93. The molecule has 0 amide bonds. The van der Waals surface area contributed by atoms with Gasteiger partial charge in [0.1, 0.15) is 5.82 Å². The van der Waals surface area contributed by atoms with E-state index >= 15 is 0 Å². The highest BCUT2D eigenvalue weighted by Gasteiger charge is 2.10.